The minimum absolute atomic E-state index is 0.741. The summed E-state index contributed by atoms with van der Waals surface area (Å²) in [5.41, 5.74) is 3.69. The van der Waals surface area contributed by atoms with Crippen molar-refractivity contribution in [2.45, 2.75) is 19.3 Å². The molecule has 17 heavy (non-hydrogen) atoms. The first-order valence-electron chi connectivity index (χ1n) is 6.09. The van der Waals surface area contributed by atoms with Crippen molar-refractivity contribution in [3.05, 3.63) is 21.7 Å². The molecule has 0 atom stereocenters. The number of hydrogen-bond acceptors (Lipinski definition) is 3. The van der Waals surface area contributed by atoms with E-state index in [4.69, 9.17) is 21.1 Å². The number of fused-ring (bicyclic) bond motifs is 2. The van der Waals surface area contributed by atoms with Crippen LogP contribution in [0.2, 0.25) is 5.02 Å². The fourth-order valence-corrected chi connectivity index (χ4v) is 3.01. The lowest BCUT2D eigenvalue weighted by Gasteiger charge is -2.14. The van der Waals surface area contributed by atoms with Crippen LogP contribution in [-0.4, -0.2) is 26.8 Å². The summed E-state index contributed by atoms with van der Waals surface area (Å²) in [4.78, 5) is 0. The summed E-state index contributed by atoms with van der Waals surface area (Å²) in [6.45, 7) is 2.43. The Hall–Kier alpha value is -0.930. The zero-order chi connectivity index (χ0) is 11.8. The van der Waals surface area contributed by atoms with Crippen molar-refractivity contribution in [2.24, 2.45) is 0 Å². The molecule has 0 radical (unpaired) electrons. The monoisotopic (exact) mass is 253 g/mol. The van der Waals surface area contributed by atoms with Gasteiger partial charge in [0.25, 0.3) is 0 Å². The maximum Gasteiger partial charge on any atom is 0.142 e. The second-order valence-electron chi connectivity index (χ2n) is 4.46. The zero-order valence-electron chi connectivity index (χ0n) is 9.94. The van der Waals surface area contributed by atoms with Crippen LogP contribution in [0.1, 0.15) is 16.7 Å². The Morgan fingerprint density at radius 2 is 1.82 bits per heavy atom. The first-order chi connectivity index (χ1) is 8.33. The van der Waals surface area contributed by atoms with E-state index in [2.05, 4.69) is 5.32 Å². The van der Waals surface area contributed by atoms with Crippen molar-refractivity contribution < 1.29 is 9.47 Å². The Kier molecular flexibility index (Phi) is 2.89. The second kappa shape index (κ2) is 4.39. The van der Waals surface area contributed by atoms with E-state index in [-0.39, 0.29) is 0 Å². The van der Waals surface area contributed by atoms with Crippen LogP contribution in [0.4, 0.5) is 0 Å². The van der Waals surface area contributed by atoms with E-state index < -0.39 is 0 Å². The molecule has 1 aromatic rings. The minimum atomic E-state index is 0.741. The van der Waals surface area contributed by atoms with Gasteiger partial charge in [0.05, 0.1) is 18.2 Å². The van der Waals surface area contributed by atoms with Crippen LogP contribution in [0.5, 0.6) is 11.5 Å². The van der Waals surface area contributed by atoms with Crippen LogP contribution in [0, 0.1) is 0 Å². The third-order valence-corrected chi connectivity index (χ3v) is 3.87. The van der Waals surface area contributed by atoms with Gasteiger partial charge in [0.15, 0.2) is 0 Å². The van der Waals surface area contributed by atoms with Crippen LogP contribution in [-0.2, 0) is 19.3 Å². The lowest BCUT2D eigenvalue weighted by molar-refractivity contribution is 0.353. The molecule has 0 saturated carbocycles. The fraction of sp³-hybridized carbons (Fsp3) is 0.538. The Balaban J connectivity index is 2.12. The van der Waals surface area contributed by atoms with Crippen molar-refractivity contribution in [2.75, 3.05) is 26.8 Å². The first kappa shape index (κ1) is 11.2. The second-order valence-corrected chi connectivity index (χ2v) is 4.84. The lowest BCUT2D eigenvalue weighted by Crippen LogP contribution is -2.12. The molecule has 0 fully saturated rings. The summed E-state index contributed by atoms with van der Waals surface area (Å²) in [5, 5.41) is 3.96. The third-order valence-electron chi connectivity index (χ3n) is 3.47. The normalized spacial score (nSPS) is 16.4. The summed E-state index contributed by atoms with van der Waals surface area (Å²) in [6.07, 6.45) is 2.82. The summed E-state index contributed by atoms with van der Waals surface area (Å²) in [7, 11) is 1.97. The van der Waals surface area contributed by atoms with Crippen LogP contribution in [0.3, 0.4) is 0 Å². The molecule has 0 saturated heterocycles. The standard InChI is InChI=1S/C13H16ClNO2/c1-15-5-2-8-9-3-6-17-13(9)11(14)10-4-7-16-12(8)10/h15H,2-7H2,1H3. The fourth-order valence-electron chi connectivity index (χ4n) is 2.66. The molecule has 0 aliphatic carbocycles. The minimum Gasteiger partial charge on any atom is -0.493 e. The zero-order valence-corrected chi connectivity index (χ0v) is 10.7. The largest absolute Gasteiger partial charge is 0.493 e. The highest BCUT2D eigenvalue weighted by molar-refractivity contribution is 6.33. The maximum atomic E-state index is 6.38. The SMILES string of the molecule is CNCCc1c2c(c(Cl)c3c1OCC3)OCC2. The van der Waals surface area contributed by atoms with Crippen LogP contribution < -0.4 is 14.8 Å². The van der Waals surface area contributed by atoms with Crippen molar-refractivity contribution in [1.29, 1.82) is 0 Å². The van der Waals surface area contributed by atoms with Gasteiger partial charge < -0.3 is 14.8 Å². The van der Waals surface area contributed by atoms with E-state index >= 15 is 0 Å². The highest BCUT2D eigenvalue weighted by atomic mass is 35.5. The summed E-state index contributed by atoms with van der Waals surface area (Å²) in [5.74, 6) is 1.93. The number of likely N-dealkylation sites (N-methyl/N-ethyl adjacent to an activating group) is 1. The van der Waals surface area contributed by atoms with Crippen LogP contribution >= 0.6 is 11.6 Å². The van der Waals surface area contributed by atoms with Crippen molar-refractivity contribution in [3.63, 3.8) is 0 Å². The van der Waals surface area contributed by atoms with Gasteiger partial charge in [0.1, 0.15) is 11.5 Å². The summed E-state index contributed by atoms with van der Waals surface area (Å²) >= 11 is 6.38. The van der Waals surface area contributed by atoms with Gasteiger partial charge in [-0.1, -0.05) is 11.6 Å². The molecule has 4 heteroatoms. The Labute approximate surface area is 106 Å². The number of rotatable bonds is 3. The van der Waals surface area contributed by atoms with E-state index in [0.717, 1.165) is 61.1 Å². The van der Waals surface area contributed by atoms with Gasteiger partial charge in [0.2, 0.25) is 0 Å². The number of hydrogen-bond donors (Lipinski definition) is 1. The van der Waals surface area contributed by atoms with Crippen LogP contribution in [0.15, 0.2) is 0 Å². The topological polar surface area (TPSA) is 30.5 Å². The molecule has 3 nitrogen and oxygen atoms in total. The van der Waals surface area contributed by atoms with Crippen LogP contribution in [0.25, 0.3) is 0 Å². The van der Waals surface area contributed by atoms with E-state index in [1.54, 1.807) is 0 Å². The number of nitrogens with one attached hydrogen (secondary N) is 1. The summed E-state index contributed by atoms with van der Waals surface area (Å²) < 4.78 is 11.4. The molecule has 2 heterocycles. The molecule has 0 spiro atoms. The molecular weight excluding hydrogens is 238 g/mol. The van der Waals surface area contributed by atoms with Gasteiger partial charge in [-0.15, -0.1) is 0 Å². The van der Waals surface area contributed by atoms with Gasteiger partial charge in [-0.05, 0) is 20.0 Å². The van der Waals surface area contributed by atoms with E-state index in [9.17, 15) is 0 Å². The molecule has 1 aromatic carbocycles. The number of ether oxygens (including phenoxy) is 2. The summed E-state index contributed by atoms with van der Waals surface area (Å²) in [6, 6.07) is 0. The average molecular weight is 254 g/mol. The molecule has 0 amide bonds. The Bertz CT molecular complexity index is 424. The Morgan fingerprint density at radius 1 is 1.12 bits per heavy atom. The van der Waals surface area contributed by atoms with Gasteiger partial charge in [-0.3, -0.25) is 0 Å². The number of benzene rings is 1. The van der Waals surface area contributed by atoms with Crippen molar-refractivity contribution in [3.8, 4) is 11.5 Å². The maximum absolute atomic E-state index is 6.38. The predicted octanol–water partition coefficient (Wildman–Crippen LogP) is 1.97. The molecule has 2 aliphatic rings. The average Bonchev–Trinajstić information content (AvgIpc) is 2.97. The van der Waals surface area contributed by atoms with Gasteiger partial charge in [-0.2, -0.15) is 0 Å². The quantitative estimate of drug-likeness (QED) is 0.894. The first-order valence-corrected chi connectivity index (χ1v) is 6.47. The van der Waals surface area contributed by atoms with Crippen molar-refractivity contribution in [1.82, 2.24) is 5.32 Å². The molecular formula is C13H16ClNO2. The van der Waals surface area contributed by atoms with Gasteiger partial charge >= 0.3 is 0 Å². The van der Waals surface area contributed by atoms with E-state index in [1.807, 2.05) is 7.05 Å². The third kappa shape index (κ3) is 1.69. The Morgan fingerprint density at radius 3 is 2.59 bits per heavy atom. The van der Waals surface area contributed by atoms with Gasteiger partial charge in [0, 0.05) is 29.5 Å². The highest BCUT2D eigenvalue weighted by Gasteiger charge is 2.30. The molecule has 3 rings (SSSR count). The van der Waals surface area contributed by atoms with Gasteiger partial charge in [-0.25, -0.2) is 0 Å². The highest BCUT2D eigenvalue weighted by Crippen LogP contribution is 2.47. The number of halogens is 1. The molecule has 2 aliphatic heterocycles. The molecule has 1 N–H and O–H groups in total. The van der Waals surface area contributed by atoms with E-state index in [1.165, 1.54) is 11.1 Å². The van der Waals surface area contributed by atoms with Crippen molar-refractivity contribution >= 4 is 11.6 Å². The van der Waals surface area contributed by atoms with E-state index in [0.29, 0.717) is 0 Å². The molecule has 0 unspecified atom stereocenters. The molecule has 0 aromatic heterocycles. The predicted molar refractivity (Wildman–Crippen MR) is 67.5 cm³/mol. The lowest BCUT2D eigenvalue weighted by atomic mass is 9.97. The smallest absolute Gasteiger partial charge is 0.142 e. The molecule has 92 valence electrons. The molecule has 0 bridgehead atoms.